The number of hydrogen-bond donors (Lipinski definition) is 2. The van der Waals surface area contributed by atoms with Gasteiger partial charge in [0.25, 0.3) is 0 Å². The van der Waals surface area contributed by atoms with Gasteiger partial charge in [-0.3, -0.25) is 4.79 Å². The molecule has 0 spiro atoms. The summed E-state index contributed by atoms with van der Waals surface area (Å²) in [4.78, 5) is 11.9. The number of ether oxygens (including phenoxy) is 2. The van der Waals surface area contributed by atoms with E-state index in [1.54, 1.807) is 0 Å². The van der Waals surface area contributed by atoms with E-state index in [0.29, 0.717) is 37.2 Å². The second kappa shape index (κ2) is 9.33. The number of carbonyl (C=O) groups excluding carboxylic acids is 1. The van der Waals surface area contributed by atoms with Gasteiger partial charge in [-0.15, -0.1) is 0 Å². The van der Waals surface area contributed by atoms with Crippen molar-refractivity contribution in [2.24, 2.45) is 0 Å². The Morgan fingerprint density at radius 2 is 1.77 bits per heavy atom. The summed E-state index contributed by atoms with van der Waals surface area (Å²) in [7, 11) is -3.94. The van der Waals surface area contributed by atoms with Gasteiger partial charge in [-0.05, 0) is 30.3 Å². The van der Waals surface area contributed by atoms with E-state index in [4.69, 9.17) is 21.1 Å². The summed E-state index contributed by atoms with van der Waals surface area (Å²) in [5.74, 6) is 0.0788. The van der Waals surface area contributed by atoms with Crippen LogP contribution in [0, 0.1) is 0 Å². The van der Waals surface area contributed by atoms with Gasteiger partial charge in [-0.2, -0.15) is 13.2 Å². The van der Waals surface area contributed by atoms with Crippen LogP contribution >= 0.6 is 11.6 Å². The first-order chi connectivity index (χ1) is 14.6. The number of nitrogens with one attached hydrogen (secondary N) is 2. The standard InChI is InChI=1S/C19H18ClF3N2O5S/c20-15-4-2-12(10-14(15)19(21,22)23)25-18(26)6-7-24-31(27,28)13-3-5-16-17(11-13)30-9-1-8-29-16/h2-5,10-11,24H,1,6-9H2,(H,25,26). The molecule has 2 aromatic rings. The van der Waals surface area contributed by atoms with Crippen LogP contribution in [-0.2, 0) is 21.0 Å². The average Bonchev–Trinajstić information content (AvgIpc) is 2.93. The molecule has 1 heterocycles. The molecule has 0 atom stereocenters. The smallest absolute Gasteiger partial charge is 0.417 e. The monoisotopic (exact) mass is 478 g/mol. The molecule has 1 amide bonds. The van der Waals surface area contributed by atoms with Crippen LogP contribution in [0.5, 0.6) is 11.5 Å². The molecule has 2 aromatic carbocycles. The van der Waals surface area contributed by atoms with Crippen LogP contribution in [0.3, 0.4) is 0 Å². The quantitative estimate of drug-likeness (QED) is 0.658. The van der Waals surface area contributed by atoms with Crippen molar-refractivity contribution in [3.05, 3.63) is 47.0 Å². The zero-order valence-corrected chi connectivity index (χ0v) is 17.5. The molecule has 1 aliphatic rings. The van der Waals surface area contributed by atoms with Gasteiger partial charge in [0.1, 0.15) is 0 Å². The number of carbonyl (C=O) groups is 1. The van der Waals surface area contributed by atoms with Crippen LogP contribution in [-0.4, -0.2) is 34.1 Å². The molecule has 0 radical (unpaired) electrons. The Labute approximate surface area is 181 Å². The minimum absolute atomic E-state index is 0.0651. The maximum absolute atomic E-state index is 12.9. The van der Waals surface area contributed by atoms with Crippen LogP contribution < -0.4 is 19.5 Å². The molecule has 0 saturated heterocycles. The minimum atomic E-state index is -4.67. The first kappa shape index (κ1) is 23.2. The number of alkyl halides is 3. The Hall–Kier alpha value is -2.50. The first-order valence-corrected chi connectivity index (χ1v) is 11.0. The summed E-state index contributed by atoms with van der Waals surface area (Å²) in [6, 6.07) is 7.12. The van der Waals surface area contributed by atoms with E-state index in [0.717, 1.165) is 6.07 Å². The zero-order chi connectivity index (χ0) is 22.6. The van der Waals surface area contributed by atoms with Crippen molar-refractivity contribution in [1.29, 1.82) is 0 Å². The summed E-state index contributed by atoms with van der Waals surface area (Å²) in [5, 5.41) is 1.79. The Morgan fingerprint density at radius 1 is 1.06 bits per heavy atom. The number of anilines is 1. The Kier molecular flexibility index (Phi) is 6.97. The summed E-state index contributed by atoms with van der Waals surface area (Å²) in [6.07, 6.45) is -4.30. The van der Waals surface area contributed by atoms with E-state index in [1.807, 2.05) is 0 Å². The van der Waals surface area contributed by atoms with E-state index in [9.17, 15) is 26.4 Å². The lowest BCUT2D eigenvalue weighted by molar-refractivity contribution is -0.137. The van der Waals surface area contributed by atoms with Gasteiger partial charge in [-0.25, -0.2) is 13.1 Å². The van der Waals surface area contributed by atoms with Crippen molar-refractivity contribution in [2.45, 2.75) is 23.9 Å². The molecule has 0 fully saturated rings. The lowest BCUT2D eigenvalue weighted by Gasteiger charge is -2.12. The van der Waals surface area contributed by atoms with Gasteiger partial charge in [0.2, 0.25) is 15.9 Å². The van der Waals surface area contributed by atoms with Gasteiger partial charge in [0.15, 0.2) is 11.5 Å². The van der Waals surface area contributed by atoms with Crippen LogP contribution in [0.25, 0.3) is 0 Å². The predicted octanol–water partition coefficient (Wildman–Crippen LogP) is 3.83. The third-order valence-corrected chi connectivity index (χ3v) is 6.02. The Balaban J connectivity index is 1.58. The summed E-state index contributed by atoms with van der Waals surface area (Å²) < 4.78 is 76.8. The lowest BCUT2D eigenvalue weighted by atomic mass is 10.2. The van der Waals surface area contributed by atoms with Crippen LogP contribution in [0.1, 0.15) is 18.4 Å². The molecular formula is C19H18ClF3N2O5S. The molecule has 7 nitrogen and oxygen atoms in total. The van der Waals surface area contributed by atoms with E-state index in [1.165, 1.54) is 24.3 Å². The third-order valence-electron chi connectivity index (χ3n) is 4.23. The van der Waals surface area contributed by atoms with Crippen molar-refractivity contribution in [1.82, 2.24) is 4.72 Å². The van der Waals surface area contributed by atoms with E-state index < -0.39 is 32.7 Å². The van der Waals surface area contributed by atoms with Crippen molar-refractivity contribution in [2.75, 3.05) is 25.1 Å². The van der Waals surface area contributed by atoms with Crippen LogP contribution in [0.15, 0.2) is 41.3 Å². The van der Waals surface area contributed by atoms with Crippen molar-refractivity contribution < 1.29 is 35.9 Å². The number of halogens is 4. The molecule has 2 N–H and O–H groups in total. The zero-order valence-electron chi connectivity index (χ0n) is 16.0. The maximum Gasteiger partial charge on any atom is 0.417 e. The summed E-state index contributed by atoms with van der Waals surface area (Å²) >= 11 is 5.54. The number of benzene rings is 2. The number of rotatable bonds is 6. The molecule has 0 bridgehead atoms. The fourth-order valence-corrected chi connectivity index (χ4v) is 4.01. The fourth-order valence-electron chi connectivity index (χ4n) is 2.74. The third kappa shape index (κ3) is 6.02. The second-order valence-electron chi connectivity index (χ2n) is 6.55. The topological polar surface area (TPSA) is 93.7 Å². The SMILES string of the molecule is O=C(CCNS(=O)(=O)c1ccc2c(c1)OCCCO2)Nc1ccc(Cl)c(C(F)(F)F)c1. The molecule has 12 heteroatoms. The highest BCUT2D eigenvalue weighted by atomic mass is 35.5. The number of amides is 1. The molecule has 0 aromatic heterocycles. The molecule has 0 aliphatic carbocycles. The minimum Gasteiger partial charge on any atom is -0.490 e. The van der Waals surface area contributed by atoms with Crippen molar-refractivity contribution in [3.63, 3.8) is 0 Å². The number of sulfonamides is 1. The van der Waals surface area contributed by atoms with Crippen LogP contribution in [0.4, 0.5) is 18.9 Å². The van der Waals surface area contributed by atoms with Gasteiger partial charge in [0.05, 0.1) is 28.7 Å². The highest BCUT2D eigenvalue weighted by Gasteiger charge is 2.33. The van der Waals surface area contributed by atoms with E-state index >= 15 is 0 Å². The normalized spacial score (nSPS) is 14.1. The Bertz CT molecular complexity index is 1080. The number of fused-ring (bicyclic) bond motifs is 1. The Morgan fingerprint density at radius 3 is 2.48 bits per heavy atom. The summed E-state index contributed by atoms with van der Waals surface area (Å²) in [6.45, 7) is 0.595. The van der Waals surface area contributed by atoms with Gasteiger partial charge in [-0.1, -0.05) is 11.6 Å². The van der Waals surface area contributed by atoms with Crippen LogP contribution in [0.2, 0.25) is 5.02 Å². The molecule has 1 aliphatic heterocycles. The van der Waals surface area contributed by atoms with Gasteiger partial charge < -0.3 is 14.8 Å². The predicted molar refractivity (Wildman–Crippen MR) is 107 cm³/mol. The maximum atomic E-state index is 12.9. The molecule has 31 heavy (non-hydrogen) atoms. The largest absolute Gasteiger partial charge is 0.490 e. The second-order valence-corrected chi connectivity index (χ2v) is 8.72. The highest BCUT2D eigenvalue weighted by Crippen LogP contribution is 2.36. The number of hydrogen-bond acceptors (Lipinski definition) is 5. The van der Waals surface area contributed by atoms with E-state index in [2.05, 4.69) is 10.0 Å². The van der Waals surface area contributed by atoms with Gasteiger partial charge in [0, 0.05) is 31.1 Å². The average molecular weight is 479 g/mol. The van der Waals surface area contributed by atoms with Crippen molar-refractivity contribution >= 4 is 33.2 Å². The molecule has 0 saturated carbocycles. The molecule has 0 unspecified atom stereocenters. The summed E-state index contributed by atoms with van der Waals surface area (Å²) in [5.41, 5.74) is -1.19. The molecular weight excluding hydrogens is 461 g/mol. The molecule has 3 rings (SSSR count). The fraction of sp³-hybridized carbons (Fsp3) is 0.316. The lowest BCUT2D eigenvalue weighted by Crippen LogP contribution is -2.28. The van der Waals surface area contributed by atoms with Crippen molar-refractivity contribution in [3.8, 4) is 11.5 Å². The first-order valence-electron chi connectivity index (χ1n) is 9.12. The van der Waals surface area contributed by atoms with Gasteiger partial charge >= 0.3 is 6.18 Å². The highest BCUT2D eigenvalue weighted by molar-refractivity contribution is 7.89. The van der Waals surface area contributed by atoms with E-state index in [-0.39, 0.29) is 23.5 Å². The molecule has 168 valence electrons.